The number of aromatic nitrogens is 4. The second kappa shape index (κ2) is 3.25. The summed E-state index contributed by atoms with van der Waals surface area (Å²) >= 11 is 0. The van der Waals surface area contributed by atoms with E-state index in [0.717, 1.165) is 5.56 Å². The van der Waals surface area contributed by atoms with Crippen LogP contribution in [0.1, 0.15) is 0 Å². The molecule has 14 heavy (non-hydrogen) atoms. The van der Waals surface area contributed by atoms with Crippen molar-refractivity contribution >= 4 is 11.8 Å². The van der Waals surface area contributed by atoms with Gasteiger partial charge >= 0.3 is 0 Å². The van der Waals surface area contributed by atoms with Gasteiger partial charge in [0.2, 0.25) is 5.95 Å². The van der Waals surface area contributed by atoms with Crippen molar-refractivity contribution in [3.8, 4) is 11.3 Å². The van der Waals surface area contributed by atoms with E-state index < -0.39 is 0 Å². The summed E-state index contributed by atoms with van der Waals surface area (Å²) in [5, 5.41) is 0. The summed E-state index contributed by atoms with van der Waals surface area (Å²) < 4.78 is 0. The summed E-state index contributed by atoms with van der Waals surface area (Å²) in [6, 6.07) is 1.62. The lowest BCUT2D eigenvalue weighted by Gasteiger charge is -2.01. The molecule has 0 fully saturated rings. The molecule has 6 nitrogen and oxygen atoms in total. The molecule has 0 unspecified atom stereocenters. The summed E-state index contributed by atoms with van der Waals surface area (Å²) in [6.45, 7) is 0. The first-order valence-electron chi connectivity index (χ1n) is 3.91. The van der Waals surface area contributed by atoms with Crippen molar-refractivity contribution < 1.29 is 0 Å². The molecule has 0 amide bonds. The lowest BCUT2D eigenvalue weighted by molar-refractivity contribution is 1.14. The van der Waals surface area contributed by atoms with Crippen molar-refractivity contribution in [2.75, 3.05) is 11.5 Å². The Labute approximate surface area is 80.0 Å². The maximum Gasteiger partial charge on any atom is 0.222 e. The van der Waals surface area contributed by atoms with Gasteiger partial charge in [0.15, 0.2) is 0 Å². The van der Waals surface area contributed by atoms with Gasteiger partial charge in [-0.2, -0.15) is 4.98 Å². The first kappa shape index (κ1) is 8.36. The molecule has 0 aromatic carbocycles. The van der Waals surface area contributed by atoms with Gasteiger partial charge in [-0.1, -0.05) is 0 Å². The molecule has 0 spiro atoms. The molecule has 2 aromatic heterocycles. The Hall–Kier alpha value is -2.24. The quantitative estimate of drug-likeness (QED) is 0.657. The Morgan fingerprint density at radius 1 is 1.00 bits per heavy atom. The van der Waals surface area contributed by atoms with Gasteiger partial charge in [-0.05, 0) is 0 Å². The molecule has 0 aliphatic carbocycles. The summed E-state index contributed by atoms with van der Waals surface area (Å²) in [7, 11) is 0. The molecule has 0 aliphatic rings. The van der Waals surface area contributed by atoms with Gasteiger partial charge in [-0.15, -0.1) is 0 Å². The first-order chi connectivity index (χ1) is 6.75. The number of nitrogen functional groups attached to an aromatic ring is 2. The average Bonchev–Trinajstić information content (AvgIpc) is 2.18. The van der Waals surface area contributed by atoms with Gasteiger partial charge in [0, 0.05) is 24.0 Å². The van der Waals surface area contributed by atoms with Gasteiger partial charge in [-0.3, -0.25) is 0 Å². The molecule has 2 rings (SSSR count). The highest BCUT2D eigenvalue weighted by atomic mass is 15.0. The maximum absolute atomic E-state index is 5.52. The lowest BCUT2D eigenvalue weighted by Crippen LogP contribution is -2.00. The molecule has 0 aliphatic heterocycles. The molecule has 70 valence electrons. The zero-order chi connectivity index (χ0) is 9.97. The van der Waals surface area contributed by atoms with Crippen molar-refractivity contribution in [2.45, 2.75) is 0 Å². The Kier molecular flexibility index (Phi) is 1.94. The fraction of sp³-hybridized carbons (Fsp3) is 0. The van der Waals surface area contributed by atoms with E-state index in [2.05, 4.69) is 19.9 Å². The number of rotatable bonds is 1. The van der Waals surface area contributed by atoms with Crippen molar-refractivity contribution in [1.82, 2.24) is 19.9 Å². The molecule has 6 heteroatoms. The van der Waals surface area contributed by atoms with Gasteiger partial charge in [-0.25, -0.2) is 15.0 Å². The van der Waals surface area contributed by atoms with Crippen LogP contribution in [0.2, 0.25) is 0 Å². The second-order valence-corrected chi connectivity index (χ2v) is 2.66. The molecule has 2 heterocycles. The highest BCUT2D eigenvalue weighted by Gasteiger charge is 2.02. The van der Waals surface area contributed by atoms with E-state index in [9.17, 15) is 0 Å². The molecule has 0 saturated carbocycles. The zero-order valence-electron chi connectivity index (χ0n) is 7.25. The Bertz CT molecular complexity index is 421. The van der Waals surface area contributed by atoms with Crippen LogP contribution in [0, 0.1) is 0 Å². The van der Waals surface area contributed by atoms with E-state index in [1.165, 1.54) is 6.33 Å². The van der Waals surface area contributed by atoms with E-state index in [1.807, 2.05) is 0 Å². The third-order valence-electron chi connectivity index (χ3n) is 1.62. The largest absolute Gasteiger partial charge is 0.384 e. The predicted octanol–water partition coefficient (Wildman–Crippen LogP) is 0.0980. The SMILES string of the molecule is Nc1cc(-c2cncnc2)nc(N)n1. The summed E-state index contributed by atoms with van der Waals surface area (Å²) in [4.78, 5) is 15.5. The Balaban J connectivity index is 2.52. The summed E-state index contributed by atoms with van der Waals surface area (Å²) in [6.07, 6.45) is 4.71. The third-order valence-corrected chi connectivity index (χ3v) is 1.62. The van der Waals surface area contributed by atoms with Crippen LogP contribution >= 0.6 is 0 Å². The number of hydrogen-bond donors (Lipinski definition) is 2. The molecular formula is C8H8N6. The minimum absolute atomic E-state index is 0.142. The van der Waals surface area contributed by atoms with Crippen LogP contribution in [0.5, 0.6) is 0 Å². The number of nitrogens with zero attached hydrogens (tertiary/aromatic N) is 4. The van der Waals surface area contributed by atoms with Crippen LogP contribution in [0.25, 0.3) is 11.3 Å². The molecule has 0 saturated heterocycles. The van der Waals surface area contributed by atoms with Gasteiger partial charge in [0.1, 0.15) is 12.1 Å². The van der Waals surface area contributed by atoms with Crippen LogP contribution in [-0.2, 0) is 0 Å². The van der Waals surface area contributed by atoms with Crippen LogP contribution in [0.15, 0.2) is 24.8 Å². The van der Waals surface area contributed by atoms with E-state index in [0.29, 0.717) is 11.5 Å². The normalized spacial score (nSPS) is 10.0. The maximum atomic E-state index is 5.52. The lowest BCUT2D eigenvalue weighted by atomic mass is 10.2. The highest BCUT2D eigenvalue weighted by Crippen LogP contribution is 2.16. The fourth-order valence-corrected chi connectivity index (χ4v) is 1.06. The molecule has 0 atom stereocenters. The smallest absolute Gasteiger partial charge is 0.222 e. The molecule has 0 bridgehead atoms. The van der Waals surface area contributed by atoms with Gasteiger partial charge in [0.05, 0.1) is 5.69 Å². The van der Waals surface area contributed by atoms with Crippen LogP contribution in [0.3, 0.4) is 0 Å². The highest BCUT2D eigenvalue weighted by molar-refractivity contribution is 5.61. The Morgan fingerprint density at radius 3 is 2.36 bits per heavy atom. The van der Waals surface area contributed by atoms with Crippen LogP contribution in [-0.4, -0.2) is 19.9 Å². The van der Waals surface area contributed by atoms with Crippen molar-refractivity contribution in [3.05, 3.63) is 24.8 Å². The standard InChI is InChI=1S/C8H8N6/c9-7-1-6(13-8(10)14-7)5-2-11-4-12-3-5/h1-4H,(H4,9,10,13,14). The fourth-order valence-electron chi connectivity index (χ4n) is 1.06. The summed E-state index contributed by atoms with van der Waals surface area (Å²) in [5.74, 6) is 0.472. The molecular weight excluding hydrogens is 180 g/mol. The summed E-state index contributed by atoms with van der Waals surface area (Å²) in [5.41, 5.74) is 12.4. The monoisotopic (exact) mass is 188 g/mol. The topological polar surface area (TPSA) is 104 Å². The van der Waals surface area contributed by atoms with Gasteiger partial charge < -0.3 is 11.5 Å². The van der Waals surface area contributed by atoms with Crippen LogP contribution in [0.4, 0.5) is 11.8 Å². The molecule has 4 N–H and O–H groups in total. The predicted molar refractivity (Wildman–Crippen MR) is 51.9 cm³/mol. The zero-order valence-corrected chi connectivity index (χ0v) is 7.25. The van der Waals surface area contributed by atoms with E-state index in [4.69, 9.17) is 11.5 Å². The van der Waals surface area contributed by atoms with Crippen molar-refractivity contribution in [1.29, 1.82) is 0 Å². The van der Waals surface area contributed by atoms with Crippen molar-refractivity contribution in [2.24, 2.45) is 0 Å². The number of anilines is 2. The Morgan fingerprint density at radius 2 is 1.71 bits per heavy atom. The minimum atomic E-state index is 0.142. The molecule has 0 radical (unpaired) electrons. The van der Waals surface area contributed by atoms with E-state index in [-0.39, 0.29) is 5.95 Å². The minimum Gasteiger partial charge on any atom is -0.384 e. The first-order valence-corrected chi connectivity index (χ1v) is 3.91. The van der Waals surface area contributed by atoms with Crippen LogP contribution < -0.4 is 11.5 Å². The third kappa shape index (κ3) is 1.58. The van der Waals surface area contributed by atoms with Gasteiger partial charge in [0.25, 0.3) is 0 Å². The van der Waals surface area contributed by atoms with E-state index in [1.54, 1.807) is 18.5 Å². The average molecular weight is 188 g/mol. The molecule has 2 aromatic rings. The number of nitrogens with two attached hydrogens (primary N) is 2. The van der Waals surface area contributed by atoms with Crippen molar-refractivity contribution in [3.63, 3.8) is 0 Å². The van der Waals surface area contributed by atoms with E-state index >= 15 is 0 Å². The second-order valence-electron chi connectivity index (χ2n) is 2.66. The number of hydrogen-bond acceptors (Lipinski definition) is 6.